The van der Waals surface area contributed by atoms with Crippen molar-refractivity contribution >= 4 is 40.0 Å². The van der Waals surface area contributed by atoms with Crippen LogP contribution in [0.2, 0.25) is 0 Å². The molecule has 2 aromatic rings. The van der Waals surface area contributed by atoms with Crippen molar-refractivity contribution in [3.8, 4) is 5.75 Å². The van der Waals surface area contributed by atoms with Crippen molar-refractivity contribution in [1.82, 2.24) is 19.7 Å². The molecule has 0 unspecified atom stereocenters. The van der Waals surface area contributed by atoms with Gasteiger partial charge in [0.1, 0.15) is 17.8 Å². The lowest BCUT2D eigenvalue weighted by Gasteiger charge is -2.35. The fourth-order valence-corrected chi connectivity index (χ4v) is 4.70. The highest BCUT2D eigenvalue weighted by Crippen LogP contribution is 2.14. The summed E-state index contributed by atoms with van der Waals surface area (Å²) in [4.78, 5) is 6.84. The number of aromatic nitrogens is 1. The van der Waals surface area contributed by atoms with Crippen LogP contribution < -0.4 is 10.1 Å². The van der Waals surface area contributed by atoms with E-state index in [1.165, 1.54) is 16.1 Å². The quantitative estimate of drug-likeness (QED) is 0.298. The summed E-state index contributed by atoms with van der Waals surface area (Å²) < 4.78 is 36.6. The van der Waals surface area contributed by atoms with Gasteiger partial charge in [-0.1, -0.05) is 17.3 Å². The molecule has 1 aromatic carbocycles. The van der Waals surface area contributed by atoms with Crippen LogP contribution in [0.1, 0.15) is 18.2 Å². The number of methoxy groups -OCH3 is 1. The molecular formula is C20H30IN5O4S. The van der Waals surface area contributed by atoms with Crippen molar-refractivity contribution in [1.29, 1.82) is 0 Å². The third-order valence-electron chi connectivity index (χ3n) is 4.91. The van der Waals surface area contributed by atoms with E-state index in [0.29, 0.717) is 38.4 Å². The summed E-state index contributed by atoms with van der Waals surface area (Å²) >= 11 is 0. The molecule has 0 amide bonds. The van der Waals surface area contributed by atoms with E-state index in [4.69, 9.17) is 14.3 Å². The second-order valence-corrected chi connectivity index (χ2v) is 8.94. The van der Waals surface area contributed by atoms with Crippen LogP contribution in [0.25, 0.3) is 0 Å². The first-order valence-corrected chi connectivity index (χ1v) is 11.7. The minimum Gasteiger partial charge on any atom is -0.497 e. The highest BCUT2D eigenvalue weighted by atomic mass is 127. The molecule has 1 N–H and O–H groups in total. The summed E-state index contributed by atoms with van der Waals surface area (Å²) in [5.41, 5.74) is 1.62. The fraction of sp³-hybridized carbons (Fsp3) is 0.500. The second kappa shape index (κ2) is 12.2. The summed E-state index contributed by atoms with van der Waals surface area (Å²) in [6.07, 6.45) is 2.21. The van der Waals surface area contributed by atoms with Gasteiger partial charge in [-0.05, 0) is 31.0 Å². The summed E-state index contributed by atoms with van der Waals surface area (Å²) in [5, 5.41) is 7.02. The molecule has 1 aliphatic rings. The molecule has 1 aliphatic heterocycles. The van der Waals surface area contributed by atoms with Crippen LogP contribution in [0.15, 0.2) is 46.1 Å². The van der Waals surface area contributed by atoms with Crippen LogP contribution >= 0.6 is 24.0 Å². The van der Waals surface area contributed by atoms with E-state index in [1.54, 1.807) is 13.2 Å². The molecule has 0 radical (unpaired) electrons. The van der Waals surface area contributed by atoms with E-state index in [-0.39, 0.29) is 29.7 Å². The van der Waals surface area contributed by atoms with Crippen molar-refractivity contribution in [3.63, 3.8) is 0 Å². The topological polar surface area (TPSA) is 100 Å². The van der Waals surface area contributed by atoms with E-state index in [1.807, 2.05) is 31.2 Å². The number of sulfonamides is 1. The molecule has 31 heavy (non-hydrogen) atoms. The van der Waals surface area contributed by atoms with Gasteiger partial charge in [0.2, 0.25) is 10.0 Å². The van der Waals surface area contributed by atoms with E-state index in [2.05, 4.69) is 15.4 Å². The van der Waals surface area contributed by atoms with Crippen LogP contribution in [0.3, 0.4) is 0 Å². The van der Waals surface area contributed by atoms with Gasteiger partial charge in [-0.15, -0.1) is 24.0 Å². The maximum absolute atomic E-state index is 12.6. The minimum absolute atomic E-state index is 0. The van der Waals surface area contributed by atoms with Gasteiger partial charge in [0.25, 0.3) is 0 Å². The molecule has 0 spiro atoms. The Balaban J connectivity index is 0.00000341. The lowest BCUT2D eigenvalue weighted by Crippen LogP contribution is -2.54. The first-order chi connectivity index (χ1) is 14.5. The van der Waals surface area contributed by atoms with Gasteiger partial charge in [0, 0.05) is 45.3 Å². The molecule has 1 saturated heterocycles. The number of halogens is 1. The number of aliphatic imine (C=N–C) groups is 1. The molecule has 3 rings (SSSR count). The third kappa shape index (κ3) is 7.35. The standard InChI is InChI=1S/C20H29N5O4S.HI/c1-3-21-20(22-10-8-17-4-6-19(28-2)7-5-17)24-11-13-25(14-12-24)30(26,27)16-18-9-15-29-23-18;/h4-7,9,15H,3,8,10-14,16H2,1-2H3,(H,21,22);1H. The van der Waals surface area contributed by atoms with Crippen LogP contribution in [0.4, 0.5) is 0 Å². The SMILES string of the molecule is CCNC(=NCCc1ccc(OC)cc1)N1CCN(S(=O)(=O)Cc2ccon2)CC1.I. The smallest absolute Gasteiger partial charge is 0.220 e. The van der Waals surface area contributed by atoms with Crippen molar-refractivity contribution in [2.45, 2.75) is 19.1 Å². The molecule has 1 aromatic heterocycles. The highest BCUT2D eigenvalue weighted by Gasteiger charge is 2.28. The zero-order valence-corrected chi connectivity index (χ0v) is 21.0. The van der Waals surface area contributed by atoms with E-state index >= 15 is 0 Å². The minimum atomic E-state index is -3.41. The summed E-state index contributed by atoms with van der Waals surface area (Å²) in [7, 11) is -1.76. The summed E-state index contributed by atoms with van der Waals surface area (Å²) in [5.74, 6) is 1.52. The Bertz CT molecular complexity index is 912. The molecule has 172 valence electrons. The molecule has 9 nitrogen and oxygen atoms in total. The first kappa shape index (κ1) is 25.4. The van der Waals surface area contributed by atoms with Gasteiger partial charge in [-0.3, -0.25) is 4.99 Å². The second-order valence-electron chi connectivity index (χ2n) is 6.97. The van der Waals surface area contributed by atoms with Crippen LogP contribution in [0, 0.1) is 0 Å². The number of nitrogens with one attached hydrogen (secondary N) is 1. The number of benzene rings is 1. The Hall–Kier alpha value is -1.86. The van der Waals surface area contributed by atoms with Gasteiger partial charge in [0.05, 0.1) is 12.8 Å². The molecule has 11 heteroatoms. The van der Waals surface area contributed by atoms with Crippen molar-refractivity contribution < 1.29 is 17.7 Å². The van der Waals surface area contributed by atoms with Gasteiger partial charge < -0.3 is 19.5 Å². The number of hydrogen-bond donors (Lipinski definition) is 1. The van der Waals surface area contributed by atoms with Crippen molar-refractivity contribution in [2.24, 2.45) is 4.99 Å². The number of guanidine groups is 1. The van der Waals surface area contributed by atoms with Crippen molar-refractivity contribution in [2.75, 3.05) is 46.4 Å². The highest BCUT2D eigenvalue weighted by molar-refractivity contribution is 14.0. The third-order valence-corrected chi connectivity index (χ3v) is 6.72. The Morgan fingerprint density at radius 2 is 1.90 bits per heavy atom. The summed E-state index contributed by atoms with van der Waals surface area (Å²) in [6.45, 7) is 5.45. The number of ether oxygens (including phenoxy) is 1. The average Bonchev–Trinajstić information content (AvgIpc) is 3.26. The largest absolute Gasteiger partial charge is 0.497 e. The fourth-order valence-electron chi connectivity index (χ4n) is 3.28. The van der Waals surface area contributed by atoms with Gasteiger partial charge in [0.15, 0.2) is 5.96 Å². The Labute approximate surface area is 200 Å². The van der Waals surface area contributed by atoms with Crippen LogP contribution in [-0.4, -0.2) is 75.1 Å². The van der Waals surface area contributed by atoms with Crippen LogP contribution in [-0.2, 0) is 22.2 Å². The Kier molecular flexibility index (Phi) is 10.0. The predicted octanol–water partition coefficient (Wildman–Crippen LogP) is 1.96. The number of hydrogen-bond acceptors (Lipinski definition) is 6. The Morgan fingerprint density at radius 1 is 1.19 bits per heavy atom. The molecule has 2 heterocycles. The molecular weight excluding hydrogens is 533 g/mol. The maximum Gasteiger partial charge on any atom is 0.220 e. The zero-order valence-electron chi connectivity index (χ0n) is 17.9. The monoisotopic (exact) mass is 563 g/mol. The predicted molar refractivity (Wildman–Crippen MR) is 130 cm³/mol. The Morgan fingerprint density at radius 3 is 2.48 bits per heavy atom. The van der Waals surface area contributed by atoms with Gasteiger partial charge >= 0.3 is 0 Å². The first-order valence-electron chi connectivity index (χ1n) is 10.0. The number of piperazine rings is 1. The molecule has 0 atom stereocenters. The van der Waals surface area contributed by atoms with Gasteiger partial charge in [-0.25, -0.2) is 8.42 Å². The normalized spacial score (nSPS) is 15.4. The lowest BCUT2D eigenvalue weighted by atomic mass is 10.1. The molecule has 0 bridgehead atoms. The van der Waals surface area contributed by atoms with Crippen LogP contribution in [0.5, 0.6) is 5.75 Å². The zero-order chi connectivity index (χ0) is 21.4. The average molecular weight is 563 g/mol. The number of nitrogens with zero attached hydrogens (tertiary/aromatic N) is 4. The summed E-state index contributed by atoms with van der Waals surface area (Å²) in [6, 6.07) is 9.55. The maximum atomic E-state index is 12.6. The molecule has 0 aliphatic carbocycles. The van der Waals surface area contributed by atoms with Gasteiger partial charge in [-0.2, -0.15) is 4.31 Å². The van der Waals surface area contributed by atoms with E-state index in [0.717, 1.165) is 24.7 Å². The lowest BCUT2D eigenvalue weighted by molar-refractivity contribution is 0.260. The van der Waals surface area contributed by atoms with E-state index < -0.39 is 10.0 Å². The molecule has 0 saturated carbocycles. The number of rotatable bonds is 8. The van der Waals surface area contributed by atoms with E-state index in [9.17, 15) is 8.42 Å². The van der Waals surface area contributed by atoms with Crippen molar-refractivity contribution in [3.05, 3.63) is 47.9 Å². The molecule has 1 fully saturated rings.